The minimum absolute atomic E-state index is 0.0743. The lowest BCUT2D eigenvalue weighted by atomic mass is 10.0. The number of thioether (sulfide) groups is 1. The summed E-state index contributed by atoms with van der Waals surface area (Å²) in [5.41, 5.74) is 2.06. The number of benzene rings is 2. The minimum atomic E-state index is -0.528. The van der Waals surface area contributed by atoms with Gasteiger partial charge in [-0.2, -0.15) is 0 Å². The number of hydrogen-bond donors (Lipinski definition) is 2. The maximum absolute atomic E-state index is 12.0. The van der Waals surface area contributed by atoms with E-state index in [1.54, 1.807) is 0 Å². The van der Waals surface area contributed by atoms with Crippen molar-refractivity contribution in [2.24, 2.45) is 0 Å². The predicted molar refractivity (Wildman–Crippen MR) is 110 cm³/mol. The van der Waals surface area contributed by atoms with Crippen LogP contribution < -0.4 is 10.6 Å². The Bertz CT molecular complexity index is 800. The molecule has 0 aliphatic rings. The van der Waals surface area contributed by atoms with E-state index in [1.807, 2.05) is 54.6 Å². The zero-order valence-electron chi connectivity index (χ0n) is 15.3. The monoisotopic (exact) mass is 420 g/mol. The number of nitrogens with one attached hydrogen (secondary N) is 2. The number of carbonyl (C=O) groups excluding carboxylic acids is 3. The Kier molecular flexibility index (Phi) is 8.84. The van der Waals surface area contributed by atoms with E-state index in [0.29, 0.717) is 5.02 Å². The van der Waals surface area contributed by atoms with Gasteiger partial charge in [0.05, 0.1) is 17.5 Å². The third-order valence-electron chi connectivity index (χ3n) is 3.73. The molecule has 2 aromatic rings. The summed E-state index contributed by atoms with van der Waals surface area (Å²) in [6.07, 6.45) is 0. The first kappa shape index (κ1) is 21.8. The highest BCUT2D eigenvalue weighted by molar-refractivity contribution is 8.00. The number of likely N-dealkylation sites (N-methyl/N-ethyl adjacent to an activating group) is 1. The Morgan fingerprint density at radius 3 is 2.29 bits per heavy atom. The summed E-state index contributed by atoms with van der Waals surface area (Å²) < 4.78 is 4.99. The molecule has 0 radical (unpaired) electrons. The fourth-order valence-corrected chi connectivity index (χ4v) is 3.52. The molecule has 0 saturated heterocycles. The van der Waals surface area contributed by atoms with Crippen LogP contribution in [0.15, 0.2) is 54.6 Å². The molecule has 0 spiro atoms. The first-order valence-corrected chi connectivity index (χ1v) is 9.97. The molecule has 0 saturated carbocycles. The predicted octanol–water partition coefficient (Wildman–Crippen LogP) is 2.57. The Labute approximate surface area is 173 Å². The van der Waals surface area contributed by atoms with Gasteiger partial charge in [-0.3, -0.25) is 14.4 Å². The fourth-order valence-electron chi connectivity index (χ4n) is 2.31. The van der Waals surface area contributed by atoms with Crippen LogP contribution >= 0.6 is 23.4 Å². The zero-order valence-corrected chi connectivity index (χ0v) is 16.9. The van der Waals surface area contributed by atoms with Crippen molar-refractivity contribution in [3.63, 3.8) is 0 Å². The maximum atomic E-state index is 12.0. The minimum Gasteiger partial charge on any atom is -0.455 e. The molecule has 0 bridgehead atoms. The normalized spacial score (nSPS) is 11.4. The van der Waals surface area contributed by atoms with Gasteiger partial charge in [0.15, 0.2) is 6.61 Å². The van der Waals surface area contributed by atoms with Crippen molar-refractivity contribution < 1.29 is 19.1 Å². The third-order valence-corrected chi connectivity index (χ3v) is 5.26. The van der Waals surface area contributed by atoms with Crippen LogP contribution in [0.25, 0.3) is 0 Å². The van der Waals surface area contributed by atoms with Crippen molar-refractivity contribution >= 4 is 41.1 Å². The summed E-state index contributed by atoms with van der Waals surface area (Å²) in [6.45, 7) is -0.582. The summed E-state index contributed by atoms with van der Waals surface area (Å²) >= 11 is 7.37. The van der Waals surface area contributed by atoms with E-state index in [9.17, 15) is 14.4 Å². The van der Waals surface area contributed by atoms with Gasteiger partial charge in [0.2, 0.25) is 5.91 Å². The second kappa shape index (κ2) is 11.4. The molecule has 2 aromatic carbocycles. The molecular formula is C20H21ClN2O4S. The smallest absolute Gasteiger partial charge is 0.316 e. The molecule has 2 N–H and O–H groups in total. The number of esters is 1. The number of hydrogen-bond acceptors (Lipinski definition) is 5. The van der Waals surface area contributed by atoms with E-state index in [-0.39, 0.29) is 23.5 Å². The summed E-state index contributed by atoms with van der Waals surface area (Å²) in [5, 5.41) is 5.31. The van der Waals surface area contributed by atoms with Crippen molar-refractivity contribution in [1.29, 1.82) is 0 Å². The van der Waals surface area contributed by atoms with Gasteiger partial charge >= 0.3 is 5.97 Å². The highest BCUT2D eigenvalue weighted by Gasteiger charge is 2.17. The molecule has 6 nitrogen and oxygen atoms in total. The number of halogens is 1. The van der Waals surface area contributed by atoms with E-state index in [1.165, 1.54) is 18.8 Å². The molecule has 2 amide bonds. The molecule has 0 aliphatic heterocycles. The highest BCUT2D eigenvalue weighted by Crippen LogP contribution is 2.36. The van der Waals surface area contributed by atoms with Crippen LogP contribution in [0.4, 0.5) is 0 Å². The molecule has 2 rings (SSSR count). The first-order valence-electron chi connectivity index (χ1n) is 8.54. The van der Waals surface area contributed by atoms with Gasteiger partial charge in [-0.1, -0.05) is 54.1 Å². The van der Waals surface area contributed by atoms with Crippen LogP contribution in [-0.2, 0) is 19.1 Å². The van der Waals surface area contributed by atoms with E-state index < -0.39 is 18.5 Å². The number of amides is 2. The highest BCUT2D eigenvalue weighted by atomic mass is 35.5. The molecule has 0 aromatic heterocycles. The van der Waals surface area contributed by atoms with Crippen LogP contribution in [0.5, 0.6) is 0 Å². The summed E-state index contributed by atoms with van der Waals surface area (Å²) in [7, 11) is 1.47. The Balaban J connectivity index is 1.90. The largest absolute Gasteiger partial charge is 0.455 e. The van der Waals surface area contributed by atoms with E-state index in [0.717, 1.165) is 11.1 Å². The number of ether oxygens (including phenoxy) is 1. The van der Waals surface area contributed by atoms with Gasteiger partial charge in [-0.15, -0.1) is 11.8 Å². The molecule has 0 aliphatic carbocycles. The molecule has 0 unspecified atom stereocenters. The Hall–Kier alpha value is -2.51. The maximum Gasteiger partial charge on any atom is 0.316 e. The molecule has 148 valence electrons. The number of carbonyl (C=O) groups is 3. The molecule has 0 fully saturated rings. The third kappa shape index (κ3) is 7.25. The van der Waals surface area contributed by atoms with Crippen LogP contribution in [0.3, 0.4) is 0 Å². The van der Waals surface area contributed by atoms with Gasteiger partial charge in [-0.25, -0.2) is 0 Å². The zero-order chi connectivity index (χ0) is 20.4. The van der Waals surface area contributed by atoms with Gasteiger partial charge < -0.3 is 15.4 Å². The molecule has 28 heavy (non-hydrogen) atoms. The average Bonchev–Trinajstić information content (AvgIpc) is 2.72. The van der Waals surface area contributed by atoms with Crippen LogP contribution in [-0.4, -0.2) is 43.7 Å². The molecule has 1 atom stereocenters. The van der Waals surface area contributed by atoms with Crippen molar-refractivity contribution in [2.75, 3.05) is 26.0 Å². The Morgan fingerprint density at radius 2 is 1.64 bits per heavy atom. The van der Waals surface area contributed by atoms with Gasteiger partial charge in [0.1, 0.15) is 0 Å². The lowest BCUT2D eigenvalue weighted by Gasteiger charge is -2.17. The summed E-state index contributed by atoms with van der Waals surface area (Å²) in [4.78, 5) is 34.7. The first-order chi connectivity index (χ1) is 13.5. The molecular weight excluding hydrogens is 400 g/mol. The lowest BCUT2D eigenvalue weighted by Crippen LogP contribution is -2.37. The SMILES string of the molecule is CNC(=O)CNC(=O)COC(=O)CS[C@@H](c1ccccc1)c1ccc(Cl)cc1. The summed E-state index contributed by atoms with van der Waals surface area (Å²) in [5.74, 6) is -1.29. The van der Waals surface area contributed by atoms with Crippen LogP contribution in [0.1, 0.15) is 16.4 Å². The van der Waals surface area contributed by atoms with Crippen molar-refractivity contribution in [2.45, 2.75) is 5.25 Å². The van der Waals surface area contributed by atoms with E-state index in [4.69, 9.17) is 16.3 Å². The standard InChI is InChI=1S/C20H21ClN2O4S/c1-22-17(24)11-23-18(25)12-27-19(26)13-28-20(14-5-3-2-4-6-14)15-7-9-16(21)10-8-15/h2-10,20H,11-13H2,1H3,(H,22,24)(H,23,25)/t20-/m0/s1. The van der Waals surface area contributed by atoms with Crippen molar-refractivity contribution in [1.82, 2.24) is 10.6 Å². The van der Waals surface area contributed by atoms with Crippen molar-refractivity contribution in [3.05, 3.63) is 70.7 Å². The summed E-state index contributed by atoms with van der Waals surface area (Å²) in [6, 6.07) is 17.2. The van der Waals surface area contributed by atoms with Gasteiger partial charge in [0, 0.05) is 12.1 Å². The van der Waals surface area contributed by atoms with E-state index >= 15 is 0 Å². The molecule has 8 heteroatoms. The van der Waals surface area contributed by atoms with Gasteiger partial charge in [-0.05, 0) is 23.3 Å². The quantitative estimate of drug-likeness (QED) is 0.609. The van der Waals surface area contributed by atoms with Crippen LogP contribution in [0, 0.1) is 0 Å². The van der Waals surface area contributed by atoms with Gasteiger partial charge in [0.25, 0.3) is 5.91 Å². The average molecular weight is 421 g/mol. The molecule has 0 heterocycles. The number of rotatable bonds is 9. The van der Waals surface area contributed by atoms with Crippen LogP contribution in [0.2, 0.25) is 5.02 Å². The topological polar surface area (TPSA) is 84.5 Å². The Morgan fingerprint density at radius 1 is 1.00 bits per heavy atom. The van der Waals surface area contributed by atoms with E-state index in [2.05, 4.69) is 10.6 Å². The lowest BCUT2D eigenvalue weighted by molar-refractivity contribution is -0.146. The fraction of sp³-hybridized carbons (Fsp3) is 0.250. The second-order valence-electron chi connectivity index (χ2n) is 5.76. The van der Waals surface area contributed by atoms with Crippen molar-refractivity contribution in [3.8, 4) is 0 Å². The second-order valence-corrected chi connectivity index (χ2v) is 7.29.